The van der Waals surface area contributed by atoms with E-state index in [1.54, 1.807) is 0 Å². The molecule has 0 spiro atoms. The highest BCUT2D eigenvalue weighted by atomic mass is 16.5. The van der Waals surface area contributed by atoms with E-state index >= 15 is 0 Å². The van der Waals surface area contributed by atoms with E-state index in [0.29, 0.717) is 39.5 Å². The summed E-state index contributed by atoms with van der Waals surface area (Å²) < 4.78 is 5.17. The molecule has 9 heteroatoms. The molecule has 0 amide bonds. The highest BCUT2D eigenvalue weighted by molar-refractivity contribution is 6.04. The van der Waals surface area contributed by atoms with Crippen LogP contribution in [0.25, 0.3) is 50.4 Å². The summed E-state index contributed by atoms with van der Waals surface area (Å²) in [7, 11) is 1.29. The highest BCUT2D eigenvalue weighted by Crippen LogP contribution is 2.50. The molecule has 3 aromatic heterocycles. The second kappa shape index (κ2) is 10.7. The number of aromatic nitrogens is 4. The van der Waals surface area contributed by atoms with Gasteiger partial charge in [0.1, 0.15) is 5.92 Å². The number of carboxylic acid groups (broad SMARTS) is 1. The van der Waals surface area contributed by atoms with Crippen molar-refractivity contribution in [2.24, 2.45) is 0 Å². The van der Waals surface area contributed by atoms with Gasteiger partial charge in [-0.3, -0.25) is 9.59 Å². The molecule has 8 bridgehead atoms. The number of H-pyrrole nitrogens is 2. The van der Waals surface area contributed by atoms with Crippen molar-refractivity contribution in [3.8, 4) is 0 Å². The number of ether oxygens (including phenoxy) is 1. The zero-order valence-electron chi connectivity index (χ0n) is 25.8. The second-order valence-corrected chi connectivity index (χ2v) is 11.6. The van der Waals surface area contributed by atoms with E-state index in [2.05, 4.69) is 36.5 Å². The number of aryl methyl sites for hydroxylation is 3. The van der Waals surface area contributed by atoms with Gasteiger partial charge in [0.25, 0.3) is 0 Å². The molecule has 0 radical (unpaired) electrons. The maximum absolute atomic E-state index is 13.2. The quantitative estimate of drug-likeness (QED) is 0.240. The van der Waals surface area contributed by atoms with Gasteiger partial charge in [0.05, 0.1) is 36.0 Å². The Morgan fingerprint density at radius 2 is 1.59 bits per heavy atom. The number of carboxylic acids is 1. The Morgan fingerprint density at radius 3 is 2.25 bits per heavy atom. The number of allylic oxidation sites excluding steroid dienone is 3. The summed E-state index contributed by atoms with van der Waals surface area (Å²) in [5.41, 5.74) is 13.4. The number of carbonyl (C=O) groups excluding carboxylic acids is 1. The minimum atomic E-state index is -1.19. The van der Waals surface area contributed by atoms with Gasteiger partial charge in [-0.15, -0.1) is 0 Å². The number of aliphatic carboxylic acids is 1. The van der Waals surface area contributed by atoms with Crippen molar-refractivity contribution in [3.05, 3.63) is 75.4 Å². The van der Waals surface area contributed by atoms with Crippen molar-refractivity contribution in [3.63, 3.8) is 0 Å². The predicted molar refractivity (Wildman–Crippen MR) is 173 cm³/mol. The number of carbonyl (C=O) groups is 2. The Kier molecular flexibility index (Phi) is 7.16. The van der Waals surface area contributed by atoms with Crippen molar-refractivity contribution in [2.75, 3.05) is 7.11 Å². The molecule has 6 rings (SSSR count). The first-order valence-electron chi connectivity index (χ1n) is 14.8. The van der Waals surface area contributed by atoms with E-state index in [4.69, 9.17) is 14.7 Å². The molecule has 5 heterocycles. The molecule has 2 aliphatic heterocycles. The third-order valence-electron chi connectivity index (χ3n) is 9.33. The maximum Gasteiger partial charge on any atom is 0.316 e. The molecule has 2 atom stereocenters. The first-order chi connectivity index (χ1) is 21.0. The molecular formula is C35H36N4O5. The van der Waals surface area contributed by atoms with Crippen LogP contribution in [0, 0.1) is 13.8 Å². The fraction of sp³-hybridized carbons (Fsp3) is 0.314. The van der Waals surface area contributed by atoms with E-state index in [1.807, 2.05) is 39.0 Å². The summed E-state index contributed by atoms with van der Waals surface area (Å²) in [5, 5.41) is 21.2. The standard InChI is InChI=1S/C35H36N4O5/c1-8-19-15(3)22-12-24-17(5)21(10-11-28(40)41)32(38-24)30-31(35(43)44-7)34(42)29-18(6)25(39-33(29)30)14-27-20(9-2)16(4)23(37-27)13-26(19)36-22/h8,12-14,31,34,36-37,42H,1,9-11H2,2-7H3,(H,40,41)/t31-,34?/m1/s1. The molecular weight excluding hydrogens is 556 g/mol. The number of nitrogens with zero attached hydrogens (tertiary/aromatic N) is 2. The number of hydrogen-bond donors (Lipinski definition) is 4. The normalized spacial score (nSPS) is 17.4. The van der Waals surface area contributed by atoms with Crippen LogP contribution in [0.1, 0.15) is 90.1 Å². The number of fused-ring (bicyclic) bond motifs is 8. The van der Waals surface area contributed by atoms with Crippen LogP contribution in [0.3, 0.4) is 0 Å². The number of rotatable bonds is 6. The average molecular weight is 593 g/mol. The zero-order valence-corrected chi connectivity index (χ0v) is 25.8. The fourth-order valence-electron chi connectivity index (χ4n) is 6.89. The van der Waals surface area contributed by atoms with Gasteiger partial charge in [-0.05, 0) is 92.1 Å². The van der Waals surface area contributed by atoms with Crippen LogP contribution in [0.2, 0.25) is 0 Å². The van der Waals surface area contributed by atoms with Crippen LogP contribution < -0.4 is 0 Å². The Balaban J connectivity index is 1.84. The lowest BCUT2D eigenvalue weighted by Gasteiger charge is -2.16. The average Bonchev–Trinajstić information content (AvgIpc) is 3.72. The van der Waals surface area contributed by atoms with Crippen molar-refractivity contribution < 1.29 is 24.5 Å². The highest BCUT2D eigenvalue weighted by Gasteiger charge is 2.47. The Labute approximate surface area is 255 Å². The van der Waals surface area contributed by atoms with E-state index in [0.717, 1.165) is 61.9 Å². The molecule has 1 unspecified atom stereocenters. The summed E-state index contributed by atoms with van der Waals surface area (Å²) in [6, 6.07) is 6.03. The van der Waals surface area contributed by atoms with Crippen LogP contribution in [0.5, 0.6) is 0 Å². The van der Waals surface area contributed by atoms with Gasteiger partial charge >= 0.3 is 11.9 Å². The number of aliphatic hydroxyl groups is 1. The summed E-state index contributed by atoms with van der Waals surface area (Å²) in [4.78, 5) is 42.1. The maximum atomic E-state index is 13.2. The number of aromatic amines is 2. The molecule has 0 saturated carbocycles. The predicted octanol–water partition coefficient (Wildman–Crippen LogP) is 6.49. The summed E-state index contributed by atoms with van der Waals surface area (Å²) in [6.07, 6.45) is 1.52. The SMILES string of the molecule is C=Cc1c(C)c2cc3nc(c4c5nc(cc6[nH]c(cc1[nH]2)c(C)c6CC)C(C)=C5C(O)[C@@H]4C(=O)OC)C(CCC(=O)O)=C3C. The molecule has 9 nitrogen and oxygen atoms in total. The van der Waals surface area contributed by atoms with Gasteiger partial charge in [0, 0.05) is 45.2 Å². The van der Waals surface area contributed by atoms with Gasteiger partial charge < -0.3 is 24.9 Å². The minimum Gasteiger partial charge on any atom is -0.481 e. The van der Waals surface area contributed by atoms with Gasteiger partial charge in [-0.25, -0.2) is 9.97 Å². The molecule has 1 aliphatic carbocycles. The molecule has 4 N–H and O–H groups in total. The van der Waals surface area contributed by atoms with Crippen molar-refractivity contribution >= 4 is 62.4 Å². The molecule has 226 valence electrons. The van der Waals surface area contributed by atoms with Crippen molar-refractivity contribution in [1.82, 2.24) is 19.9 Å². The first kappa shape index (κ1) is 29.3. The van der Waals surface area contributed by atoms with Crippen LogP contribution in [-0.4, -0.2) is 55.3 Å². The molecule has 0 aromatic carbocycles. The van der Waals surface area contributed by atoms with Gasteiger partial charge in [0.2, 0.25) is 0 Å². The number of nitrogens with one attached hydrogen (secondary N) is 2. The number of esters is 1. The van der Waals surface area contributed by atoms with E-state index in [-0.39, 0.29) is 12.8 Å². The van der Waals surface area contributed by atoms with Gasteiger partial charge in [-0.2, -0.15) is 0 Å². The third-order valence-corrected chi connectivity index (χ3v) is 9.33. The summed E-state index contributed by atoms with van der Waals surface area (Å²) >= 11 is 0. The van der Waals surface area contributed by atoms with Gasteiger partial charge in [-0.1, -0.05) is 19.6 Å². The molecule has 3 aliphatic rings. The minimum absolute atomic E-state index is 0.119. The summed E-state index contributed by atoms with van der Waals surface area (Å²) in [6.45, 7) is 14.1. The van der Waals surface area contributed by atoms with E-state index in [1.165, 1.54) is 7.11 Å². The smallest absolute Gasteiger partial charge is 0.316 e. The number of methoxy groups -OCH3 is 1. The van der Waals surface area contributed by atoms with Gasteiger partial charge in [0.15, 0.2) is 0 Å². The Hall–Kier alpha value is -4.76. The van der Waals surface area contributed by atoms with Crippen molar-refractivity contribution in [1.29, 1.82) is 0 Å². The number of hydrogen-bond acceptors (Lipinski definition) is 6. The lowest BCUT2D eigenvalue weighted by Crippen LogP contribution is -2.24. The zero-order chi connectivity index (χ0) is 31.6. The summed E-state index contributed by atoms with van der Waals surface area (Å²) in [5.74, 6) is -2.60. The monoisotopic (exact) mass is 592 g/mol. The second-order valence-electron chi connectivity index (χ2n) is 11.6. The molecule has 3 aromatic rings. The molecule has 44 heavy (non-hydrogen) atoms. The lowest BCUT2D eigenvalue weighted by molar-refractivity contribution is -0.144. The fourth-order valence-corrected chi connectivity index (χ4v) is 6.89. The van der Waals surface area contributed by atoms with Crippen LogP contribution >= 0.6 is 0 Å². The lowest BCUT2D eigenvalue weighted by atomic mass is 9.92. The van der Waals surface area contributed by atoms with E-state index in [9.17, 15) is 19.8 Å². The largest absolute Gasteiger partial charge is 0.481 e. The molecule has 0 fully saturated rings. The topological polar surface area (TPSA) is 141 Å². The first-order valence-corrected chi connectivity index (χ1v) is 14.8. The van der Waals surface area contributed by atoms with Crippen LogP contribution in [0.15, 0.2) is 24.8 Å². The Morgan fingerprint density at radius 1 is 0.955 bits per heavy atom. The van der Waals surface area contributed by atoms with Crippen LogP contribution in [-0.2, 0) is 20.7 Å². The van der Waals surface area contributed by atoms with E-state index < -0.39 is 24.0 Å². The Bertz CT molecular complexity index is 2020. The molecule has 0 saturated heterocycles. The third kappa shape index (κ3) is 4.33. The van der Waals surface area contributed by atoms with Crippen molar-refractivity contribution in [2.45, 2.75) is 65.9 Å². The number of aliphatic hydroxyl groups excluding tert-OH is 1. The van der Waals surface area contributed by atoms with Crippen LogP contribution in [0.4, 0.5) is 0 Å².